The van der Waals surface area contributed by atoms with Gasteiger partial charge in [-0.15, -0.1) is 0 Å². The molecule has 2 rings (SSSR count). The molecule has 3 N–H and O–H groups in total. The van der Waals surface area contributed by atoms with Gasteiger partial charge in [0.15, 0.2) is 0 Å². The maximum atomic E-state index is 12.3. The number of rotatable bonds is 5. The molecule has 1 aliphatic carbocycles. The number of aromatic amines is 1. The number of carbonyl (C=O) groups is 1. The molecule has 0 unspecified atom stereocenters. The Bertz CT molecular complexity index is 579. The molecular weight excluding hydrogens is 264 g/mol. The van der Waals surface area contributed by atoms with Gasteiger partial charge in [0.25, 0.3) is 5.91 Å². The Morgan fingerprint density at radius 2 is 2.14 bits per heavy atom. The second kappa shape index (κ2) is 5.84. The Morgan fingerprint density at radius 1 is 1.48 bits per heavy atom. The maximum Gasteiger partial charge on any atom is 0.269 e. The zero-order chi connectivity index (χ0) is 15.6. The van der Waals surface area contributed by atoms with Crippen LogP contribution in [0, 0.1) is 11.3 Å². The molecule has 0 atom stereocenters. The minimum Gasteiger partial charge on any atom is -0.346 e. The van der Waals surface area contributed by atoms with Gasteiger partial charge in [-0.3, -0.25) is 4.79 Å². The third-order valence-corrected chi connectivity index (χ3v) is 4.19. The lowest BCUT2D eigenvalue weighted by molar-refractivity contribution is 0.0822. The van der Waals surface area contributed by atoms with Gasteiger partial charge in [-0.2, -0.15) is 0 Å². The van der Waals surface area contributed by atoms with Crippen LogP contribution in [0.25, 0.3) is 5.57 Å². The molecule has 0 bridgehead atoms. The van der Waals surface area contributed by atoms with Crippen LogP contribution >= 0.6 is 0 Å². The summed E-state index contributed by atoms with van der Waals surface area (Å²) in [5.41, 5.74) is 1.59. The van der Waals surface area contributed by atoms with E-state index in [0.717, 1.165) is 5.57 Å². The van der Waals surface area contributed by atoms with Crippen LogP contribution in [-0.4, -0.2) is 27.1 Å². The minimum atomic E-state index is -0.183. The van der Waals surface area contributed by atoms with Crippen LogP contribution < -0.4 is 5.32 Å². The molecule has 1 fully saturated rings. The first kappa shape index (κ1) is 15.5. The van der Waals surface area contributed by atoms with Crippen LogP contribution in [0.2, 0.25) is 0 Å². The van der Waals surface area contributed by atoms with Gasteiger partial charge in [0.1, 0.15) is 11.5 Å². The van der Waals surface area contributed by atoms with Gasteiger partial charge in [0, 0.05) is 11.3 Å². The van der Waals surface area contributed by atoms with E-state index in [4.69, 9.17) is 5.41 Å². The first-order chi connectivity index (χ1) is 9.79. The summed E-state index contributed by atoms with van der Waals surface area (Å²) in [5.74, 6) is 1.07. The van der Waals surface area contributed by atoms with E-state index >= 15 is 0 Å². The predicted molar refractivity (Wildman–Crippen MR) is 84.5 cm³/mol. The van der Waals surface area contributed by atoms with Crippen molar-refractivity contribution in [2.45, 2.75) is 52.5 Å². The number of amides is 1. The monoisotopic (exact) mass is 288 g/mol. The van der Waals surface area contributed by atoms with Crippen molar-refractivity contribution < 1.29 is 4.79 Å². The van der Waals surface area contributed by atoms with Crippen molar-refractivity contribution in [3.8, 4) is 0 Å². The third kappa shape index (κ3) is 3.60. The van der Waals surface area contributed by atoms with E-state index in [9.17, 15) is 4.79 Å². The predicted octanol–water partition coefficient (Wildman–Crippen LogP) is 3.16. The highest BCUT2D eigenvalue weighted by molar-refractivity contribution is 5.97. The lowest BCUT2D eigenvalue weighted by Crippen LogP contribution is -2.51. The second-order valence-corrected chi connectivity index (χ2v) is 6.46. The number of allylic oxidation sites excluding steroid dienone is 2. The summed E-state index contributed by atoms with van der Waals surface area (Å²) in [7, 11) is 0. The van der Waals surface area contributed by atoms with Crippen LogP contribution in [0.1, 0.15) is 63.3 Å². The topological polar surface area (TPSA) is 81.6 Å². The van der Waals surface area contributed by atoms with E-state index in [1.165, 1.54) is 19.3 Å². The first-order valence-electron chi connectivity index (χ1n) is 7.41. The second-order valence-electron chi connectivity index (χ2n) is 6.46. The normalized spacial score (nSPS) is 16.5. The van der Waals surface area contributed by atoms with Gasteiger partial charge in [-0.05, 0) is 58.1 Å². The highest BCUT2D eigenvalue weighted by Crippen LogP contribution is 2.35. The van der Waals surface area contributed by atoms with Crippen molar-refractivity contribution in [2.24, 2.45) is 5.92 Å². The van der Waals surface area contributed by atoms with Crippen LogP contribution in [0.3, 0.4) is 0 Å². The average Bonchev–Trinajstić information content (AvgIpc) is 2.72. The number of nitrogens with one attached hydrogen (secondary N) is 3. The molecule has 0 saturated heterocycles. The van der Waals surface area contributed by atoms with Gasteiger partial charge >= 0.3 is 0 Å². The molecule has 21 heavy (non-hydrogen) atoms. The van der Waals surface area contributed by atoms with E-state index in [0.29, 0.717) is 23.1 Å². The van der Waals surface area contributed by atoms with Gasteiger partial charge in [0.05, 0.1) is 6.20 Å². The fourth-order valence-corrected chi connectivity index (χ4v) is 2.62. The number of H-pyrrole nitrogens is 1. The number of hydrogen-bond acceptors (Lipinski definition) is 3. The number of hydrogen-bond donors (Lipinski definition) is 3. The zero-order valence-corrected chi connectivity index (χ0v) is 13.2. The Labute approximate surface area is 125 Å². The molecule has 1 aliphatic rings. The molecule has 0 aromatic carbocycles. The Morgan fingerprint density at radius 3 is 2.67 bits per heavy atom. The summed E-state index contributed by atoms with van der Waals surface area (Å²) in [6, 6.07) is 0. The SMILES string of the molecule is CC(=N)/C=C(/C)c1ncc(C(=O)NC(C)(C)C2CCC2)[nH]1. The molecule has 0 aliphatic heterocycles. The number of aromatic nitrogens is 2. The van der Waals surface area contributed by atoms with E-state index in [2.05, 4.69) is 29.1 Å². The highest BCUT2D eigenvalue weighted by Gasteiger charge is 2.35. The Hall–Kier alpha value is -1.91. The maximum absolute atomic E-state index is 12.3. The van der Waals surface area contributed by atoms with E-state index in [-0.39, 0.29) is 11.4 Å². The molecule has 1 saturated carbocycles. The number of carbonyl (C=O) groups excluding carboxylic acids is 1. The summed E-state index contributed by atoms with van der Waals surface area (Å²) in [6.07, 6.45) is 6.89. The molecule has 0 radical (unpaired) electrons. The molecule has 1 aromatic rings. The molecule has 1 aromatic heterocycles. The summed E-state index contributed by atoms with van der Waals surface area (Å²) >= 11 is 0. The van der Waals surface area contributed by atoms with Gasteiger partial charge < -0.3 is 15.7 Å². The number of imidazole rings is 1. The fraction of sp³-hybridized carbons (Fsp3) is 0.562. The van der Waals surface area contributed by atoms with Crippen molar-refractivity contribution in [1.29, 1.82) is 5.41 Å². The summed E-state index contributed by atoms with van der Waals surface area (Å²) < 4.78 is 0. The largest absolute Gasteiger partial charge is 0.346 e. The Kier molecular flexibility index (Phi) is 4.30. The lowest BCUT2D eigenvalue weighted by atomic mass is 9.72. The van der Waals surface area contributed by atoms with E-state index < -0.39 is 0 Å². The molecule has 5 nitrogen and oxygen atoms in total. The quantitative estimate of drug-likeness (QED) is 0.727. The van der Waals surface area contributed by atoms with Crippen molar-refractivity contribution in [3.05, 3.63) is 23.8 Å². The molecule has 1 heterocycles. The van der Waals surface area contributed by atoms with Crippen molar-refractivity contribution >= 4 is 17.2 Å². The minimum absolute atomic E-state index is 0.120. The van der Waals surface area contributed by atoms with Gasteiger partial charge in [-0.1, -0.05) is 6.42 Å². The Balaban J connectivity index is 2.07. The van der Waals surface area contributed by atoms with Crippen LogP contribution in [-0.2, 0) is 0 Å². The standard InChI is InChI=1S/C16H24N4O/c1-10(8-11(2)17)14-18-9-13(19-14)15(21)20-16(3,4)12-6-5-7-12/h8-9,12,17H,5-7H2,1-4H3,(H,18,19)(H,20,21)/b10-8-,17-11?. The van der Waals surface area contributed by atoms with Gasteiger partial charge in [0.2, 0.25) is 0 Å². The molecule has 114 valence electrons. The summed E-state index contributed by atoms with van der Waals surface area (Å²) in [4.78, 5) is 19.6. The summed E-state index contributed by atoms with van der Waals surface area (Å²) in [6.45, 7) is 7.74. The zero-order valence-electron chi connectivity index (χ0n) is 13.2. The molecular formula is C16H24N4O. The third-order valence-electron chi connectivity index (χ3n) is 4.19. The summed E-state index contributed by atoms with van der Waals surface area (Å²) in [5, 5.41) is 10.6. The van der Waals surface area contributed by atoms with Crippen LogP contribution in [0.15, 0.2) is 12.3 Å². The number of nitrogens with zero attached hydrogens (tertiary/aromatic N) is 1. The molecule has 5 heteroatoms. The molecule has 1 amide bonds. The average molecular weight is 288 g/mol. The fourth-order valence-electron chi connectivity index (χ4n) is 2.62. The lowest BCUT2D eigenvalue weighted by Gasteiger charge is -2.40. The van der Waals surface area contributed by atoms with Crippen molar-refractivity contribution in [1.82, 2.24) is 15.3 Å². The van der Waals surface area contributed by atoms with Gasteiger partial charge in [-0.25, -0.2) is 4.98 Å². The van der Waals surface area contributed by atoms with E-state index in [1.807, 2.05) is 6.92 Å². The van der Waals surface area contributed by atoms with Crippen molar-refractivity contribution in [3.63, 3.8) is 0 Å². The van der Waals surface area contributed by atoms with E-state index in [1.54, 1.807) is 19.2 Å². The highest BCUT2D eigenvalue weighted by atomic mass is 16.2. The smallest absolute Gasteiger partial charge is 0.269 e. The first-order valence-corrected chi connectivity index (χ1v) is 7.41. The van der Waals surface area contributed by atoms with Crippen LogP contribution in [0.4, 0.5) is 0 Å². The molecule has 0 spiro atoms. The van der Waals surface area contributed by atoms with Crippen LogP contribution in [0.5, 0.6) is 0 Å². The van der Waals surface area contributed by atoms with Crippen molar-refractivity contribution in [2.75, 3.05) is 0 Å².